The van der Waals surface area contributed by atoms with Gasteiger partial charge in [-0.2, -0.15) is 0 Å². The number of nitrogens with zero attached hydrogens (tertiary/aromatic N) is 1. The molecule has 0 unspecified atom stereocenters. The molecular weight excluding hydrogens is 196 g/mol. The topological polar surface area (TPSA) is 15.3 Å². The SMILES string of the molecule is CC.CC1=CCCC=C1CN1CCNCC1.[HH]. The Morgan fingerprint density at radius 1 is 1.19 bits per heavy atom. The van der Waals surface area contributed by atoms with E-state index in [1.54, 1.807) is 5.57 Å². The van der Waals surface area contributed by atoms with Gasteiger partial charge in [-0.25, -0.2) is 0 Å². The molecule has 2 aliphatic rings. The van der Waals surface area contributed by atoms with Crippen molar-refractivity contribution in [1.29, 1.82) is 0 Å². The molecule has 0 radical (unpaired) electrons. The second kappa shape index (κ2) is 7.64. The molecule has 0 saturated carbocycles. The molecule has 0 spiro atoms. The fourth-order valence-corrected chi connectivity index (χ4v) is 2.15. The molecule has 1 aliphatic carbocycles. The highest BCUT2D eigenvalue weighted by Crippen LogP contribution is 2.19. The number of allylic oxidation sites excluding steroid dienone is 2. The monoisotopic (exact) mass is 224 g/mol. The Morgan fingerprint density at radius 3 is 2.44 bits per heavy atom. The van der Waals surface area contributed by atoms with Crippen LogP contribution in [0.25, 0.3) is 0 Å². The van der Waals surface area contributed by atoms with Gasteiger partial charge in [-0.05, 0) is 25.3 Å². The number of rotatable bonds is 2. The van der Waals surface area contributed by atoms with Gasteiger partial charge in [0.25, 0.3) is 0 Å². The van der Waals surface area contributed by atoms with Crippen molar-refractivity contribution in [2.45, 2.75) is 33.6 Å². The van der Waals surface area contributed by atoms with E-state index < -0.39 is 0 Å². The zero-order valence-electron chi connectivity index (χ0n) is 11.1. The highest BCUT2D eigenvalue weighted by Gasteiger charge is 2.12. The van der Waals surface area contributed by atoms with Crippen LogP contribution in [0.3, 0.4) is 0 Å². The van der Waals surface area contributed by atoms with E-state index in [1.807, 2.05) is 13.8 Å². The summed E-state index contributed by atoms with van der Waals surface area (Å²) in [6.45, 7) is 12.1. The second-order valence-corrected chi connectivity index (χ2v) is 4.22. The standard InChI is InChI=1S/C12H20N2.C2H6.H2/c1-11-4-2-3-5-12(11)10-14-8-6-13-7-9-14;1-2;/h4-5,13H,2-3,6-10H2,1H3;1-2H3;1H. The van der Waals surface area contributed by atoms with Crippen LogP contribution in [0.1, 0.15) is 35.0 Å². The molecule has 0 aromatic carbocycles. The quantitative estimate of drug-likeness (QED) is 0.776. The van der Waals surface area contributed by atoms with Gasteiger partial charge >= 0.3 is 0 Å². The third kappa shape index (κ3) is 4.11. The molecule has 0 amide bonds. The minimum atomic E-state index is 0. The number of hydrogen-bond acceptors (Lipinski definition) is 2. The molecule has 2 heteroatoms. The zero-order chi connectivity index (χ0) is 11.8. The molecule has 1 fully saturated rings. The Labute approximate surface area is 102 Å². The lowest BCUT2D eigenvalue weighted by molar-refractivity contribution is 0.260. The summed E-state index contributed by atoms with van der Waals surface area (Å²) >= 11 is 0. The first-order valence-corrected chi connectivity index (χ1v) is 6.65. The van der Waals surface area contributed by atoms with Gasteiger partial charge in [0.2, 0.25) is 0 Å². The van der Waals surface area contributed by atoms with Crippen molar-refractivity contribution in [3.63, 3.8) is 0 Å². The summed E-state index contributed by atoms with van der Waals surface area (Å²) < 4.78 is 0. The maximum atomic E-state index is 3.39. The molecule has 0 bridgehead atoms. The highest BCUT2D eigenvalue weighted by molar-refractivity contribution is 5.33. The fraction of sp³-hybridized carbons (Fsp3) is 0.714. The largest absolute Gasteiger partial charge is 0.314 e. The van der Waals surface area contributed by atoms with E-state index in [9.17, 15) is 0 Å². The average molecular weight is 224 g/mol. The van der Waals surface area contributed by atoms with Gasteiger partial charge in [-0.15, -0.1) is 0 Å². The second-order valence-electron chi connectivity index (χ2n) is 4.22. The van der Waals surface area contributed by atoms with E-state index in [1.165, 1.54) is 31.5 Å². The van der Waals surface area contributed by atoms with Gasteiger partial charge in [-0.3, -0.25) is 4.90 Å². The summed E-state index contributed by atoms with van der Waals surface area (Å²) in [6.07, 6.45) is 7.25. The van der Waals surface area contributed by atoms with Crippen LogP contribution in [0.15, 0.2) is 23.3 Å². The lowest BCUT2D eigenvalue weighted by atomic mass is 9.98. The predicted octanol–water partition coefficient (Wildman–Crippen LogP) is 2.83. The summed E-state index contributed by atoms with van der Waals surface area (Å²) in [5.74, 6) is 0. The molecule has 2 rings (SSSR count). The molecule has 94 valence electrons. The van der Waals surface area contributed by atoms with Crippen molar-refractivity contribution in [2.75, 3.05) is 32.7 Å². The van der Waals surface area contributed by atoms with E-state index >= 15 is 0 Å². The summed E-state index contributed by atoms with van der Waals surface area (Å²) in [7, 11) is 0. The van der Waals surface area contributed by atoms with Gasteiger partial charge in [0.15, 0.2) is 0 Å². The third-order valence-electron chi connectivity index (χ3n) is 3.12. The Kier molecular flexibility index (Phi) is 6.43. The molecule has 0 atom stereocenters. The van der Waals surface area contributed by atoms with Crippen molar-refractivity contribution in [3.05, 3.63) is 23.3 Å². The first-order valence-electron chi connectivity index (χ1n) is 6.65. The van der Waals surface area contributed by atoms with Gasteiger partial charge in [0.1, 0.15) is 0 Å². The van der Waals surface area contributed by atoms with Crippen LogP contribution in [0.5, 0.6) is 0 Å². The predicted molar refractivity (Wildman–Crippen MR) is 73.8 cm³/mol. The van der Waals surface area contributed by atoms with Crippen LogP contribution in [0.4, 0.5) is 0 Å². The van der Waals surface area contributed by atoms with Crippen LogP contribution in [-0.4, -0.2) is 37.6 Å². The maximum Gasteiger partial charge on any atom is 0.0234 e. The molecular formula is C14H28N2. The van der Waals surface area contributed by atoms with Crippen molar-refractivity contribution < 1.29 is 1.43 Å². The highest BCUT2D eigenvalue weighted by atomic mass is 15.2. The first-order chi connectivity index (χ1) is 7.86. The third-order valence-corrected chi connectivity index (χ3v) is 3.12. The molecule has 1 aliphatic heterocycles. The lowest BCUT2D eigenvalue weighted by Gasteiger charge is -2.29. The fourth-order valence-electron chi connectivity index (χ4n) is 2.15. The summed E-state index contributed by atoms with van der Waals surface area (Å²) in [4.78, 5) is 2.55. The average Bonchev–Trinajstić information content (AvgIpc) is 2.36. The molecule has 0 aromatic heterocycles. The first kappa shape index (κ1) is 13.5. The molecule has 1 saturated heterocycles. The Bertz CT molecular complexity index is 253. The normalized spacial score (nSPS) is 21.7. The molecule has 1 heterocycles. The Balaban J connectivity index is 0.000000811. The van der Waals surface area contributed by atoms with Crippen LogP contribution in [0.2, 0.25) is 0 Å². The molecule has 1 N–H and O–H groups in total. The van der Waals surface area contributed by atoms with Gasteiger partial charge < -0.3 is 5.32 Å². The van der Waals surface area contributed by atoms with Gasteiger partial charge in [0, 0.05) is 34.2 Å². The molecule has 2 nitrogen and oxygen atoms in total. The molecule has 16 heavy (non-hydrogen) atoms. The van der Waals surface area contributed by atoms with Crippen molar-refractivity contribution >= 4 is 0 Å². The minimum absolute atomic E-state index is 0. The van der Waals surface area contributed by atoms with Crippen LogP contribution < -0.4 is 5.32 Å². The number of piperazine rings is 1. The van der Waals surface area contributed by atoms with Crippen LogP contribution in [-0.2, 0) is 0 Å². The van der Waals surface area contributed by atoms with Crippen molar-refractivity contribution in [3.8, 4) is 0 Å². The number of hydrogen-bond donors (Lipinski definition) is 1. The zero-order valence-corrected chi connectivity index (χ0v) is 11.1. The van der Waals surface area contributed by atoms with E-state index in [0.717, 1.165) is 19.6 Å². The van der Waals surface area contributed by atoms with E-state index in [-0.39, 0.29) is 1.43 Å². The van der Waals surface area contributed by atoms with E-state index in [0.29, 0.717) is 0 Å². The molecule has 0 aromatic rings. The Hall–Kier alpha value is -0.600. The van der Waals surface area contributed by atoms with Gasteiger partial charge in [-0.1, -0.05) is 31.6 Å². The summed E-state index contributed by atoms with van der Waals surface area (Å²) in [6, 6.07) is 0. The van der Waals surface area contributed by atoms with Crippen LogP contribution in [0, 0.1) is 0 Å². The lowest BCUT2D eigenvalue weighted by Crippen LogP contribution is -2.44. The Morgan fingerprint density at radius 2 is 1.81 bits per heavy atom. The van der Waals surface area contributed by atoms with Crippen molar-refractivity contribution in [2.24, 2.45) is 0 Å². The number of nitrogens with one attached hydrogen (secondary N) is 1. The smallest absolute Gasteiger partial charge is 0.0234 e. The van der Waals surface area contributed by atoms with Gasteiger partial charge in [0.05, 0.1) is 0 Å². The van der Waals surface area contributed by atoms with Crippen LogP contribution >= 0.6 is 0 Å². The summed E-state index contributed by atoms with van der Waals surface area (Å²) in [5, 5.41) is 3.39. The van der Waals surface area contributed by atoms with Crippen molar-refractivity contribution in [1.82, 2.24) is 10.2 Å². The van der Waals surface area contributed by atoms with E-state index in [2.05, 4.69) is 29.3 Å². The summed E-state index contributed by atoms with van der Waals surface area (Å²) in [5.41, 5.74) is 3.05. The van der Waals surface area contributed by atoms with E-state index in [4.69, 9.17) is 0 Å². The maximum absolute atomic E-state index is 3.39. The minimum Gasteiger partial charge on any atom is -0.314 e.